The van der Waals surface area contributed by atoms with Gasteiger partial charge in [0.25, 0.3) is 0 Å². The van der Waals surface area contributed by atoms with Gasteiger partial charge in [0.15, 0.2) is 0 Å². The molecule has 1 aromatic carbocycles. The molecular formula is C16H21NO2S. The zero-order valence-electron chi connectivity index (χ0n) is 12.2. The van der Waals surface area contributed by atoms with Crippen LogP contribution in [0.25, 0.3) is 10.6 Å². The predicted molar refractivity (Wildman–Crippen MR) is 83.2 cm³/mol. The van der Waals surface area contributed by atoms with Crippen molar-refractivity contribution in [3.63, 3.8) is 0 Å². The number of aromatic nitrogens is 1. The topological polar surface area (TPSA) is 42.4 Å². The summed E-state index contributed by atoms with van der Waals surface area (Å²) >= 11 is 1.56. The molecule has 0 saturated carbocycles. The maximum absolute atomic E-state index is 9.33. The normalized spacial score (nSPS) is 11.1. The molecule has 0 unspecified atom stereocenters. The van der Waals surface area contributed by atoms with Gasteiger partial charge in [0.1, 0.15) is 10.8 Å². The van der Waals surface area contributed by atoms with Crippen LogP contribution in [-0.2, 0) is 13.0 Å². The highest BCUT2D eigenvalue weighted by Gasteiger charge is 2.10. The minimum atomic E-state index is 0.0659. The van der Waals surface area contributed by atoms with Crippen molar-refractivity contribution in [2.75, 3.05) is 6.61 Å². The second-order valence-corrected chi connectivity index (χ2v) is 6.21. The fraction of sp³-hybridized carbons (Fsp3) is 0.438. The Kier molecular flexibility index (Phi) is 5.15. The summed E-state index contributed by atoms with van der Waals surface area (Å²) in [6.45, 7) is 7.11. The summed E-state index contributed by atoms with van der Waals surface area (Å²) in [4.78, 5) is 5.55. The van der Waals surface area contributed by atoms with Gasteiger partial charge in [-0.1, -0.05) is 20.8 Å². The number of hydrogen-bond acceptors (Lipinski definition) is 4. The first-order valence-corrected chi connectivity index (χ1v) is 7.78. The molecule has 4 heteroatoms. The van der Waals surface area contributed by atoms with Crippen LogP contribution in [-0.4, -0.2) is 16.7 Å². The van der Waals surface area contributed by atoms with E-state index in [-0.39, 0.29) is 6.61 Å². The highest BCUT2D eigenvalue weighted by atomic mass is 32.1. The average molecular weight is 291 g/mol. The number of ether oxygens (including phenoxy) is 1. The minimum Gasteiger partial charge on any atom is -0.493 e. The fourth-order valence-corrected chi connectivity index (χ4v) is 2.88. The summed E-state index contributed by atoms with van der Waals surface area (Å²) < 4.78 is 5.67. The molecule has 3 nitrogen and oxygen atoms in total. The lowest BCUT2D eigenvalue weighted by atomic mass is 10.2. The Morgan fingerprint density at radius 1 is 1.25 bits per heavy atom. The molecule has 1 heterocycles. The lowest BCUT2D eigenvalue weighted by Gasteiger charge is -2.08. The highest BCUT2D eigenvalue weighted by molar-refractivity contribution is 7.15. The van der Waals surface area contributed by atoms with E-state index in [0.29, 0.717) is 5.92 Å². The number of aryl methyl sites for hydroxylation is 1. The first kappa shape index (κ1) is 15.0. The number of aliphatic hydroxyl groups is 1. The average Bonchev–Trinajstić information content (AvgIpc) is 2.89. The van der Waals surface area contributed by atoms with E-state index >= 15 is 0 Å². The van der Waals surface area contributed by atoms with Gasteiger partial charge in [-0.3, -0.25) is 0 Å². The Morgan fingerprint density at radius 2 is 1.95 bits per heavy atom. The molecule has 0 bridgehead atoms. The molecular weight excluding hydrogens is 270 g/mol. The van der Waals surface area contributed by atoms with Gasteiger partial charge < -0.3 is 9.84 Å². The van der Waals surface area contributed by atoms with E-state index in [1.807, 2.05) is 24.3 Å². The van der Waals surface area contributed by atoms with E-state index in [1.54, 1.807) is 11.3 Å². The Bertz CT molecular complexity index is 525. The van der Waals surface area contributed by atoms with Crippen LogP contribution < -0.4 is 4.74 Å². The van der Waals surface area contributed by atoms with Crippen LogP contribution in [0.5, 0.6) is 5.75 Å². The smallest absolute Gasteiger partial charge is 0.123 e. The van der Waals surface area contributed by atoms with Gasteiger partial charge in [-0.15, -0.1) is 11.3 Å². The lowest BCUT2D eigenvalue weighted by Crippen LogP contribution is -2.04. The molecule has 0 aliphatic rings. The van der Waals surface area contributed by atoms with E-state index in [2.05, 4.69) is 25.8 Å². The van der Waals surface area contributed by atoms with E-state index in [9.17, 15) is 5.11 Å². The molecule has 0 radical (unpaired) electrons. The molecule has 0 atom stereocenters. The molecule has 20 heavy (non-hydrogen) atoms. The van der Waals surface area contributed by atoms with Gasteiger partial charge in [-0.05, 0) is 36.6 Å². The Morgan fingerprint density at radius 3 is 2.45 bits per heavy atom. The molecule has 0 fully saturated rings. The molecule has 2 aromatic rings. The van der Waals surface area contributed by atoms with Gasteiger partial charge in [-0.25, -0.2) is 4.98 Å². The largest absolute Gasteiger partial charge is 0.493 e. The number of nitrogens with zero attached hydrogens (tertiary/aromatic N) is 1. The van der Waals surface area contributed by atoms with E-state index in [0.717, 1.165) is 39.9 Å². The Hall–Kier alpha value is -1.39. The van der Waals surface area contributed by atoms with Crippen LogP contribution in [0, 0.1) is 5.92 Å². The predicted octanol–water partition coefficient (Wildman–Crippen LogP) is 3.90. The van der Waals surface area contributed by atoms with Gasteiger partial charge in [-0.2, -0.15) is 0 Å². The van der Waals surface area contributed by atoms with Gasteiger partial charge in [0.2, 0.25) is 0 Å². The molecule has 0 aliphatic carbocycles. The standard InChI is InChI=1S/C16H21NO2S/c1-4-14-15(9-18)20-16(17-14)12-5-7-13(8-6-12)19-10-11(2)3/h5-8,11,18H,4,9-10H2,1-3H3. The van der Waals surface area contributed by atoms with E-state index in [1.165, 1.54) is 0 Å². The lowest BCUT2D eigenvalue weighted by molar-refractivity contribution is 0.271. The molecule has 1 aromatic heterocycles. The molecule has 0 spiro atoms. The first-order valence-electron chi connectivity index (χ1n) is 6.96. The third-order valence-corrected chi connectivity index (χ3v) is 4.07. The third kappa shape index (κ3) is 3.58. The fourth-order valence-electron chi connectivity index (χ4n) is 1.86. The number of aliphatic hydroxyl groups excluding tert-OH is 1. The van der Waals surface area contributed by atoms with Crippen molar-refractivity contribution in [1.82, 2.24) is 4.98 Å². The summed E-state index contributed by atoms with van der Waals surface area (Å²) in [5.74, 6) is 1.41. The molecule has 2 rings (SSSR count). The quantitative estimate of drug-likeness (QED) is 0.877. The SMILES string of the molecule is CCc1nc(-c2ccc(OCC(C)C)cc2)sc1CO. The van der Waals surface area contributed by atoms with Crippen molar-refractivity contribution in [3.05, 3.63) is 34.8 Å². The maximum atomic E-state index is 9.33. The van der Waals surface area contributed by atoms with Gasteiger partial charge in [0.05, 0.1) is 23.8 Å². The zero-order valence-corrected chi connectivity index (χ0v) is 13.0. The molecule has 0 saturated heterocycles. The maximum Gasteiger partial charge on any atom is 0.123 e. The summed E-state index contributed by atoms with van der Waals surface area (Å²) in [7, 11) is 0. The van der Waals surface area contributed by atoms with Crippen LogP contribution in [0.2, 0.25) is 0 Å². The van der Waals surface area contributed by atoms with Crippen molar-refractivity contribution in [2.45, 2.75) is 33.8 Å². The summed E-state index contributed by atoms with van der Waals surface area (Å²) in [5, 5.41) is 10.3. The second-order valence-electron chi connectivity index (χ2n) is 5.13. The zero-order chi connectivity index (χ0) is 14.5. The van der Waals surface area contributed by atoms with E-state index < -0.39 is 0 Å². The monoisotopic (exact) mass is 291 g/mol. The number of rotatable bonds is 6. The Labute approximate surface area is 124 Å². The van der Waals surface area contributed by atoms with Crippen molar-refractivity contribution < 1.29 is 9.84 Å². The van der Waals surface area contributed by atoms with Crippen LogP contribution in [0.4, 0.5) is 0 Å². The van der Waals surface area contributed by atoms with Crippen LogP contribution in [0.1, 0.15) is 31.3 Å². The summed E-state index contributed by atoms with van der Waals surface area (Å²) in [6, 6.07) is 8.00. The van der Waals surface area contributed by atoms with Crippen LogP contribution >= 0.6 is 11.3 Å². The minimum absolute atomic E-state index is 0.0659. The summed E-state index contributed by atoms with van der Waals surface area (Å²) in [6.07, 6.45) is 0.849. The van der Waals surface area contributed by atoms with Gasteiger partial charge >= 0.3 is 0 Å². The van der Waals surface area contributed by atoms with Crippen LogP contribution in [0.3, 0.4) is 0 Å². The van der Waals surface area contributed by atoms with Gasteiger partial charge in [0, 0.05) is 5.56 Å². The molecule has 0 amide bonds. The van der Waals surface area contributed by atoms with Crippen molar-refractivity contribution >= 4 is 11.3 Å². The number of benzene rings is 1. The second kappa shape index (κ2) is 6.86. The Balaban J connectivity index is 2.15. The highest BCUT2D eigenvalue weighted by Crippen LogP contribution is 2.29. The first-order chi connectivity index (χ1) is 9.63. The van der Waals surface area contributed by atoms with Crippen molar-refractivity contribution in [1.29, 1.82) is 0 Å². The van der Waals surface area contributed by atoms with Crippen molar-refractivity contribution in [2.24, 2.45) is 5.92 Å². The molecule has 1 N–H and O–H groups in total. The number of hydrogen-bond donors (Lipinski definition) is 1. The molecule has 108 valence electrons. The number of thiazole rings is 1. The summed E-state index contributed by atoms with van der Waals surface area (Å²) in [5.41, 5.74) is 2.06. The van der Waals surface area contributed by atoms with E-state index in [4.69, 9.17) is 4.74 Å². The van der Waals surface area contributed by atoms with Crippen LogP contribution in [0.15, 0.2) is 24.3 Å². The van der Waals surface area contributed by atoms with Crippen molar-refractivity contribution in [3.8, 4) is 16.3 Å². The molecule has 0 aliphatic heterocycles. The third-order valence-electron chi connectivity index (χ3n) is 2.94.